The van der Waals surface area contributed by atoms with Gasteiger partial charge in [0.1, 0.15) is 0 Å². The largest absolute Gasteiger partial charge is 0.289 e. The Bertz CT molecular complexity index is 494. The van der Waals surface area contributed by atoms with Crippen LogP contribution in [0.2, 0.25) is 5.02 Å². The maximum Gasteiger partial charge on any atom is 0.258 e. The van der Waals surface area contributed by atoms with E-state index in [9.17, 15) is 9.59 Å². The van der Waals surface area contributed by atoms with Gasteiger partial charge in [-0.15, -0.1) is 0 Å². The first-order chi connectivity index (χ1) is 7.09. The molecule has 15 heavy (non-hydrogen) atoms. The number of aromatic nitrogens is 1. The summed E-state index contributed by atoms with van der Waals surface area (Å²) >= 11 is 5.87. The fourth-order valence-electron chi connectivity index (χ4n) is 1.38. The first-order valence-electron chi connectivity index (χ1n) is 4.27. The van der Waals surface area contributed by atoms with Crippen LogP contribution in [-0.4, -0.2) is 16.8 Å². The summed E-state index contributed by atoms with van der Waals surface area (Å²) in [4.78, 5) is 26.2. The molecule has 0 unspecified atom stereocenters. The maximum absolute atomic E-state index is 11.4. The molecule has 1 aliphatic rings. The van der Waals surface area contributed by atoms with Gasteiger partial charge in [-0.3, -0.25) is 19.9 Å². The van der Waals surface area contributed by atoms with Gasteiger partial charge in [-0.2, -0.15) is 0 Å². The Kier molecular flexibility index (Phi) is 2.28. The molecule has 1 aliphatic heterocycles. The number of nitrogens with zero attached hydrogens (tertiary/aromatic N) is 1. The quantitative estimate of drug-likeness (QED) is 0.724. The Morgan fingerprint density at radius 1 is 1.33 bits per heavy atom. The predicted octanol–water partition coefficient (Wildman–Crippen LogP) is 1.08. The van der Waals surface area contributed by atoms with Crippen molar-refractivity contribution in [1.82, 2.24) is 10.3 Å². The second-order valence-corrected chi connectivity index (χ2v) is 3.58. The van der Waals surface area contributed by atoms with Crippen LogP contribution in [-0.2, 0) is 9.59 Å². The second kappa shape index (κ2) is 3.47. The van der Waals surface area contributed by atoms with E-state index < -0.39 is 11.8 Å². The number of imide groups is 1. The zero-order chi connectivity index (χ0) is 11.0. The molecule has 2 amide bonds. The first kappa shape index (κ1) is 9.86. The maximum atomic E-state index is 11.4. The van der Waals surface area contributed by atoms with E-state index in [0.29, 0.717) is 16.2 Å². The molecule has 1 aromatic rings. The minimum Gasteiger partial charge on any atom is -0.289 e. The molecule has 0 aromatic carbocycles. The summed E-state index contributed by atoms with van der Waals surface area (Å²) in [7, 11) is 0. The van der Waals surface area contributed by atoms with Gasteiger partial charge in [0.15, 0.2) is 0 Å². The van der Waals surface area contributed by atoms with Crippen LogP contribution in [0.4, 0.5) is 0 Å². The normalized spacial score (nSPS) is 15.2. The molecule has 2 rings (SSSR count). The van der Waals surface area contributed by atoms with Crippen LogP contribution < -0.4 is 5.32 Å². The number of rotatable bonds is 1. The fraction of sp³-hybridized carbons (Fsp3) is 0.100. The molecule has 1 N–H and O–H groups in total. The number of amides is 2. The van der Waals surface area contributed by atoms with E-state index in [1.807, 2.05) is 0 Å². The van der Waals surface area contributed by atoms with Crippen LogP contribution in [0.1, 0.15) is 11.1 Å². The van der Waals surface area contributed by atoms with Gasteiger partial charge in [0, 0.05) is 24.0 Å². The lowest BCUT2D eigenvalue weighted by Gasteiger charge is -2.05. The summed E-state index contributed by atoms with van der Waals surface area (Å²) in [5.74, 6) is -0.818. The van der Waals surface area contributed by atoms with Crippen molar-refractivity contribution in [2.75, 3.05) is 0 Å². The number of carbonyl (C=O) groups is 2. The van der Waals surface area contributed by atoms with Crippen molar-refractivity contribution >= 4 is 29.0 Å². The van der Waals surface area contributed by atoms with E-state index in [1.165, 1.54) is 18.5 Å². The van der Waals surface area contributed by atoms with Gasteiger partial charge in [0.05, 0.1) is 10.6 Å². The Labute approximate surface area is 91.0 Å². The summed E-state index contributed by atoms with van der Waals surface area (Å²) in [6, 6.07) is 0. The topological polar surface area (TPSA) is 59.1 Å². The molecule has 0 fully saturated rings. The smallest absolute Gasteiger partial charge is 0.258 e. The SMILES string of the molecule is Cc1c(Cl)cncc1C1=CC(=O)NC1=O. The molecule has 0 spiro atoms. The van der Waals surface area contributed by atoms with E-state index in [2.05, 4.69) is 10.3 Å². The highest BCUT2D eigenvalue weighted by atomic mass is 35.5. The lowest BCUT2D eigenvalue weighted by atomic mass is 10.0. The zero-order valence-corrected chi connectivity index (χ0v) is 8.63. The van der Waals surface area contributed by atoms with Gasteiger partial charge in [-0.25, -0.2) is 0 Å². The van der Waals surface area contributed by atoms with Gasteiger partial charge in [0.25, 0.3) is 11.8 Å². The van der Waals surface area contributed by atoms with Crippen LogP contribution in [0.15, 0.2) is 18.5 Å². The Hall–Kier alpha value is -1.68. The Morgan fingerprint density at radius 2 is 2.07 bits per heavy atom. The minimum absolute atomic E-state index is 0.313. The van der Waals surface area contributed by atoms with E-state index >= 15 is 0 Å². The summed E-state index contributed by atoms with van der Waals surface area (Å²) < 4.78 is 0. The molecule has 0 saturated carbocycles. The highest BCUT2D eigenvalue weighted by Crippen LogP contribution is 2.25. The van der Waals surface area contributed by atoms with Gasteiger partial charge in [-0.05, 0) is 12.5 Å². The number of hydrogen-bond acceptors (Lipinski definition) is 3. The molecular weight excluding hydrogens is 216 g/mol. The number of carbonyl (C=O) groups excluding carboxylic acids is 2. The van der Waals surface area contributed by atoms with E-state index in [-0.39, 0.29) is 0 Å². The number of nitrogens with one attached hydrogen (secondary N) is 1. The van der Waals surface area contributed by atoms with Crippen molar-refractivity contribution in [2.24, 2.45) is 0 Å². The van der Waals surface area contributed by atoms with Gasteiger partial charge in [-0.1, -0.05) is 11.6 Å². The molecule has 0 bridgehead atoms. The minimum atomic E-state index is -0.410. The van der Waals surface area contributed by atoms with Crippen molar-refractivity contribution in [2.45, 2.75) is 6.92 Å². The third-order valence-corrected chi connectivity index (χ3v) is 2.58. The van der Waals surface area contributed by atoms with Crippen LogP contribution in [0.5, 0.6) is 0 Å². The molecule has 0 radical (unpaired) electrons. The summed E-state index contributed by atoms with van der Waals surface area (Å²) in [5, 5.41) is 2.64. The molecule has 1 aromatic heterocycles. The first-order valence-corrected chi connectivity index (χ1v) is 4.65. The average molecular weight is 223 g/mol. The van der Waals surface area contributed by atoms with Crippen molar-refractivity contribution in [3.05, 3.63) is 34.6 Å². The van der Waals surface area contributed by atoms with Gasteiger partial charge < -0.3 is 0 Å². The summed E-state index contributed by atoms with van der Waals surface area (Å²) in [6.07, 6.45) is 4.27. The van der Waals surface area contributed by atoms with Crippen LogP contribution >= 0.6 is 11.6 Å². The zero-order valence-electron chi connectivity index (χ0n) is 7.87. The van der Waals surface area contributed by atoms with Crippen LogP contribution in [0, 0.1) is 6.92 Å². The lowest BCUT2D eigenvalue weighted by molar-refractivity contribution is -0.123. The molecule has 0 aliphatic carbocycles. The van der Waals surface area contributed by atoms with Crippen molar-refractivity contribution < 1.29 is 9.59 Å². The molecule has 76 valence electrons. The Balaban J connectivity index is 2.56. The van der Waals surface area contributed by atoms with Crippen molar-refractivity contribution in [1.29, 1.82) is 0 Å². The molecule has 0 saturated heterocycles. The van der Waals surface area contributed by atoms with Crippen LogP contribution in [0.3, 0.4) is 0 Å². The number of pyridine rings is 1. The van der Waals surface area contributed by atoms with Gasteiger partial charge >= 0.3 is 0 Å². The highest BCUT2D eigenvalue weighted by Gasteiger charge is 2.23. The molecule has 2 heterocycles. The third-order valence-electron chi connectivity index (χ3n) is 2.20. The van der Waals surface area contributed by atoms with Crippen molar-refractivity contribution in [3.8, 4) is 0 Å². The highest BCUT2D eigenvalue weighted by molar-refractivity contribution is 6.35. The predicted molar refractivity (Wildman–Crippen MR) is 55.1 cm³/mol. The summed E-state index contributed by atoms with van der Waals surface area (Å²) in [6.45, 7) is 1.77. The monoisotopic (exact) mass is 222 g/mol. The van der Waals surface area contributed by atoms with Crippen molar-refractivity contribution in [3.63, 3.8) is 0 Å². The van der Waals surface area contributed by atoms with Gasteiger partial charge in [0.2, 0.25) is 0 Å². The van der Waals surface area contributed by atoms with E-state index in [1.54, 1.807) is 6.92 Å². The second-order valence-electron chi connectivity index (χ2n) is 3.17. The number of halogens is 1. The Morgan fingerprint density at radius 3 is 2.67 bits per heavy atom. The standard InChI is InChI=1S/C10H7ClN2O2/c1-5-7(3-12-4-8(5)11)6-2-9(14)13-10(6)15/h2-4H,1H3,(H,13,14,15). The van der Waals surface area contributed by atoms with Crippen LogP contribution in [0.25, 0.3) is 5.57 Å². The molecule has 4 nitrogen and oxygen atoms in total. The third kappa shape index (κ3) is 1.64. The fourth-order valence-corrected chi connectivity index (χ4v) is 1.54. The molecular formula is C10H7ClN2O2. The summed E-state index contributed by atoms with van der Waals surface area (Å²) in [5.41, 5.74) is 1.64. The average Bonchev–Trinajstić information content (AvgIpc) is 2.50. The molecule has 5 heteroatoms. The molecule has 0 atom stereocenters. The number of hydrogen-bond donors (Lipinski definition) is 1. The lowest BCUT2D eigenvalue weighted by Crippen LogP contribution is -2.21. The van der Waals surface area contributed by atoms with E-state index in [4.69, 9.17) is 11.6 Å². The van der Waals surface area contributed by atoms with E-state index in [0.717, 1.165) is 5.56 Å².